The van der Waals surface area contributed by atoms with Crippen LogP contribution in [0.5, 0.6) is 11.5 Å². The van der Waals surface area contributed by atoms with Crippen LogP contribution in [0.25, 0.3) is 6.08 Å². The van der Waals surface area contributed by atoms with Gasteiger partial charge in [0.25, 0.3) is 0 Å². The second kappa shape index (κ2) is 6.99. The number of esters is 1. The number of ketones is 1. The zero-order valence-electron chi connectivity index (χ0n) is 13.6. The molecule has 3 rings (SSSR count). The monoisotopic (exact) mass is 358 g/mol. The van der Waals surface area contributed by atoms with E-state index in [9.17, 15) is 9.59 Å². The molecule has 0 radical (unpaired) electrons. The number of rotatable bonds is 4. The number of carbonyl (C=O) groups is 2. The number of carbonyl (C=O) groups excluding carboxylic acids is 2. The van der Waals surface area contributed by atoms with Gasteiger partial charge in [0.2, 0.25) is 5.78 Å². The topological polar surface area (TPSA) is 61.8 Å². The van der Waals surface area contributed by atoms with Crippen LogP contribution < -0.4 is 9.47 Å². The summed E-state index contributed by atoms with van der Waals surface area (Å²) in [7, 11) is 1.29. The predicted octanol–water partition coefficient (Wildman–Crippen LogP) is 3.90. The smallest absolute Gasteiger partial charge is 0.346 e. The number of allylic oxidation sites excluding steroid dienone is 1. The van der Waals surface area contributed by atoms with E-state index in [-0.39, 0.29) is 11.5 Å². The van der Waals surface area contributed by atoms with Crippen LogP contribution in [0.15, 0.2) is 48.2 Å². The van der Waals surface area contributed by atoms with Crippen molar-refractivity contribution in [1.82, 2.24) is 0 Å². The molecule has 1 aliphatic heterocycles. The molecule has 0 fully saturated rings. The number of hydrogen-bond acceptors (Lipinski definition) is 5. The van der Waals surface area contributed by atoms with Crippen molar-refractivity contribution in [2.45, 2.75) is 13.0 Å². The molecule has 5 nitrogen and oxygen atoms in total. The molecular weight excluding hydrogens is 344 g/mol. The van der Waals surface area contributed by atoms with Gasteiger partial charge in [0.05, 0.1) is 12.7 Å². The van der Waals surface area contributed by atoms with Gasteiger partial charge in [-0.15, -0.1) is 0 Å². The minimum atomic E-state index is -0.765. The molecule has 0 aliphatic carbocycles. The van der Waals surface area contributed by atoms with Gasteiger partial charge in [0.15, 0.2) is 11.9 Å². The molecule has 0 saturated carbocycles. The van der Waals surface area contributed by atoms with Crippen molar-refractivity contribution in [2.75, 3.05) is 7.11 Å². The van der Waals surface area contributed by atoms with Crippen molar-refractivity contribution in [3.05, 3.63) is 64.4 Å². The van der Waals surface area contributed by atoms with Crippen LogP contribution in [0, 0.1) is 0 Å². The summed E-state index contributed by atoms with van der Waals surface area (Å²) in [6.07, 6.45) is 0.834. The highest BCUT2D eigenvalue weighted by molar-refractivity contribution is 6.32. The zero-order chi connectivity index (χ0) is 18.0. The first kappa shape index (κ1) is 17.0. The summed E-state index contributed by atoms with van der Waals surface area (Å²) < 4.78 is 15.8. The number of fused-ring (bicyclic) bond motifs is 1. The van der Waals surface area contributed by atoms with Gasteiger partial charge in [0.1, 0.15) is 11.5 Å². The van der Waals surface area contributed by atoms with E-state index >= 15 is 0 Å². The Morgan fingerprint density at radius 3 is 2.72 bits per heavy atom. The lowest BCUT2D eigenvalue weighted by Crippen LogP contribution is -2.24. The van der Waals surface area contributed by atoms with E-state index in [4.69, 9.17) is 21.1 Å². The van der Waals surface area contributed by atoms with Crippen molar-refractivity contribution in [3.63, 3.8) is 0 Å². The SMILES string of the molecule is COC(=O)[C@H](C)Oc1ccc2c(c1)OC(=Cc1ccccc1Cl)C2=O. The van der Waals surface area contributed by atoms with E-state index in [0.29, 0.717) is 27.6 Å². The van der Waals surface area contributed by atoms with Gasteiger partial charge in [-0.2, -0.15) is 0 Å². The van der Waals surface area contributed by atoms with Gasteiger partial charge in [0, 0.05) is 11.1 Å². The highest BCUT2D eigenvalue weighted by atomic mass is 35.5. The highest BCUT2D eigenvalue weighted by Gasteiger charge is 2.28. The number of methoxy groups -OCH3 is 1. The average molecular weight is 359 g/mol. The molecule has 1 aliphatic rings. The van der Waals surface area contributed by atoms with E-state index in [1.165, 1.54) is 7.11 Å². The summed E-state index contributed by atoms with van der Waals surface area (Å²) in [5.41, 5.74) is 1.12. The maximum atomic E-state index is 12.4. The molecule has 1 atom stereocenters. The highest BCUT2D eigenvalue weighted by Crippen LogP contribution is 2.35. The second-order valence-corrected chi connectivity index (χ2v) is 5.81. The standard InChI is InChI=1S/C19H15ClO5/c1-11(19(22)23-2)24-13-7-8-14-16(10-13)25-17(18(14)21)9-12-5-3-4-6-15(12)20/h3-11H,1-2H3/t11-/m0/s1. The number of halogens is 1. The molecule has 0 saturated heterocycles. The van der Waals surface area contributed by atoms with Crippen LogP contribution >= 0.6 is 11.6 Å². The molecule has 0 amide bonds. The summed E-state index contributed by atoms with van der Waals surface area (Å²) in [4.78, 5) is 23.9. The minimum Gasteiger partial charge on any atom is -0.479 e. The molecule has 0 spiro atoms. The van der Waals surface area contributed by atoms with Crippen LogP contribution in [0.2, 0.25) is 5.02 Å². The Labute approximate surface area is 149 Å². The quantitative estimate of drug-likeness (QED) is 0.612. The van der Waals surface area contributed by atoms with Crippen LogP contribution in [-0.4, -0.2) is 25.0 Å². The molecule has 2 aromatic rings. The van der Waals surface area contributed by atoms with Gasteiger partial charge >= 0.3 is 5.97 Å². The fourth-order valence-electron chi connectivity index (χ4n) is 2.39. The molecule has 6 heteroatoms. The number of benzene rings is 2. The maximum absolute atomic E-state index is 12.4. The average Bonchev–Trinajstić information content (AvgIpc) is 2.91. The Bertz CT molecular complexity index is 872. The molecule has 128 valence electrons. The molecule has 1 heterocycles. The largest absolute Gasteiger partial charge is 0.479 e. The number of Topliss-reactive ketones (excluding diaryl/α,β-unsaturated/α-hetero) is 1. The lowest BCUT2D eigenvalue weighted by atomic mass is 10.1. The van der Waals surface area contributed by atoms with Crippen LogP contribution in [0.4, 0.5) is 0 Å². The van der Waals surface area contributed by atoms with Crippen LogP contribution in [0.3, 0.4) is 0 Å². The summed E-state index contributed by atoms with van der Waals surface area (Å²) in [5, 5.41) is 0.526. The van der Waals surface area contributed by atoms with Gasteiger partial charge in [-0.05, 0) is 36.8 Å². The Balaban J connectivity index is 1.84. The minimum absolute atomic E-state index is 0.182. The molecule has 0 bridgehead atoms. The third kappa shape index (κ3) is 3.51. The van der Waals surface area contributed by atoms with Crippen molar-refractivity contribution in [2.24, 2.45) is 0 Å². The molecule has 25 heavy (non-hydrogen) atoms. The Hall–Kier alpha value is -2.79. The summed E-state index contributed by atoms with van der Waals surface area (Å²) in [6.45, 7) is 1.58. The molecule has 0 N–H and O–H groups in total. The van der Waals surface area contributed by atoms with E-state index < -0.39 is 12.1 Å². The summed E-state index contributed by atoms with van der Waals surface area (Å²) in [5.74, 6) is 0.238. The van der Waals surface area contributed by atoms with Crippen molar-refractivity contribution in [1.29, 1.82) is 0 Å². The zero-order valence-corrected chi connectivity index (χ0v) is 14.4. The summed E-state index contributed by atoms with van der Waals surface area (Å²) >= 11 is 6.11. The second-order valence-electron chi connectivity index (χ2n) is 5.40. The first-order valence-corrected chi connectivity index (χ1v) is 7.94. The first-order valence-electron chi connectivity index (χ1n) is 7.57. The fraction of sp³-hybridized carbons (Fsp3) is 0.158. The van der Waals surface area contributed by atoms with Gasteiger partial charge in [-0.3, -0.25) is 4.79 Å². The van der Waals surface area contributed by atoms with E-state index in [1.54, 1.807) is 43.3 Å². The summed E-state index contributed by atoms with van der Waals surface area (Å²) in [6, 6.07) is 11.9. The molecule has 0 unspecified atom stereocenters. The van der Waals surface area contributed by atoms with Gasteiger partial charge in [-0.25, -0.2) is 4.79 Å². The van der Waals surface area contributed by atoms with Crippen molar-refractivity contribution in [3.8, 4) is 11.5 Å². The lowest BCUT2D eigenvalue weighted by Gasteiger charge is -2.12. The lowest BCUT2D eigenvalue weighted by molar-refractivity contribution is -0.147. The molecule has 2 aromatic carbocycles. The third-order valence-electron chi connectivity index (χ3n) is 3.68. The normalized spacial score (nSPS) is 15.5. The number of ether oxygens (including phenoxy) is 3. The van der Waals surface area contributed by atoms with Crippen LogP contribution in [0.1, 0.15) is 22.8 Å². The van der Waals surface area contributed by atoms with Crippen molar-refractivity contribution >= 4 is 29.4 Å². The van der Waals surface area contributed by atoms with Crippen LogP contribution in [-0.2, 0) is 9.53 Å². The maximum Gasteiger partial charge on any atom is 0.346 e. The molecule has 0 aromatic heterocycles. The third-order valence-corrected chi connectivity index (χ3v) is 4.02. The van der Waals surface area contributed by atoms with Crippen molar-refractivity contribution < 1.29 is 23.8 Å². The predicted molar refractivity (Wildman–Crippen MR) is 92.9 cm³/mol. The fourth-order valence-corrected chi connectivity index (χ4v) is 2.58. The van der Waals surface area contributed by atoms with Gasteiger partial charge < -0.3 is 14.2 Å². The number of hydrogen-bond donors (Lipinski definition) is 0. The Morgan fingerprint density at radius 1 is 1.24 bits per heavy atom. The van der Waals surface area contributed by atoms with E-state index in [1.807, 2.05) is 12.1 Å². The van der Waals surface area contributed by atoms with E-state index in [2.05, 4.69) is 4.74 Å². The van der Waals surface area contributed by atoms with Gasteiger partial charge in [-0.1, -0.05) is 29.8 Å². The Kier molecular flexibility index (Phi) is 4.76. The molecular formula is C19H15ClO5. The Morgan fingerprint density at radius 2 is 2.00 bits per heavy atom. The first-order chi connectivity index (χ1) is 12.0. The van der Waals surface area contributed by atoms with E-state index in [0.717, 1.165) is 0 Å².